The Hall–Kier alpha value is -5.23. The summed E-state index contributed by atoms with van der Waals surface area (Å²) in [6.07, 6.45) is 3.11. The van der Waals surface area contributed by atoms with Crippen LogP contribution in [0.15, 0.2) is 141 Å². The largest absolute Gasteiger partial charge is 0.443 e. The highest BCUT2D eigenvalue weighted by Crippen LogP contribution is 2.42. The lowest BCUT2D eigenvalue weighted by Gasteiger charge is -2.07. The quantitative estimate of drug-likeness (QED) is 0.257. The van der Waals surface area contributed by atoms with E-state index in [1.165, 1.54) is 17.6 Å². The summed E-state index contributed by atoms with van der Waals surface area (Å²) in [5.41, 5.74) is 33.6. The van der Waals surface area contributed by atoms with E-state index in [2.05, 4.69) is 93.6 Å². The molecule has 0 bridgehead atoms. The number of anilines is 1. The van der Waals surface area contributed by atoms with Gasteiger partial charge in [0.1, 0.15) is 21.0 Å². The van der Waals surface area contributed by atoms with Crippen molar-refractivity contribution in [3.8, 4) is 22.7 Å². The molecule has 0 spiro atoms. The van der Waals surface area contributed by atoms with Crippen molar-refractivity contribution in [2.75, 3.05) is 5.73 Å². The van der Waals surface area contributed by atoms with Gasteiger partial charge in [0.05, 0.1) is 22.7 Å². The molecule has 0 aliphatic rings. The highest BCUT2D eigenvalue weighted by Gasteiger charge is 2.22. The molecule has 3 heterocycles. The zero-order chi connectivity index (χ0) is 29.3. The Bertz CT molecular complexity index is 1780. The van der Waals surface area contributed by atoms with Gasteiger partial charge in [-0.3, -0.25) is 4.21 Å². The molecule has 4 rings (SSSR count). The summed E-state index contributed by atoms with van der Waals surface area (Å²) >= 11 is 1.37. The lowest BCUT2D eigenvalue weighted by Crippen LogP contribution is -2.05. The molecule has 0 amide bonds. The molecular weight excluding hydrogens is 535 g/mol. The number of aromatic nitrogens is 2. The van der Waals surface area contributed by atoms with Gasteiger partial charge in [0, 0.05) is 10.6 Å². The van der Waals surface area contributed by atoms with E-state index in [9.17, 15) is 4.21 Å². The monoisotopic (exact) mass is 559 g/mol. The normalized spacial score (nSPS) is 9.47. The molecule has 196 valence electrons. The molecule has 4 aromatic rings. The first-order valence-corrected chi connectivity index (χ1v) is 13.6. The summed E-state index contributed by atoms with van der Waals surface area (Å²) in [6.45, 7) is 16.8. The number of pyridine rings is 1. The van der Waals surface area contributed by atoms with Gasteiger partial charge in [-0.25, -0.2) is 9.97 Å². The number of fused-ring (bicyclic) bond motifs is 1. The summed E-state index contributed by atoms with van der Waals surface area (Å²) in [7, 11) is -1.17. The topological polar surface area (TPSA) is 82.0 Å². The molecule has 7 heteroatoms. The predicted molar refractivity (Wildman–Crippen MR) is 164 cm³/mol. The molecule has 3 aromatic heterocycles. The Morgan fingerprint density at radius 3 is 1.98 bits per heavy atom. The average Bonchev–Trinajstić information content (AvgIpc) is 3.62. The van der Waals surface area contributed by atoms with E-state index in [1.807, 2.05) is 50.2 Å². The minimum atomic E-state index is -1.17. The number of nitrogens with zero attached hydrogens (tertiary/aromatic N) is 2. The number of hydrogen-bond donors (Lipinski definition) is 1. The van der Waals surface area contributed by atoms with Crippen molar-refractivity contribution in [3.05, 3.63) is 132 Å². The molecule has 5 nitrogen and oxygen atoms in total. The second-order valence-electron chi connectivity index (χ2n) is 7.54. The van der Waals surface area contributed by atoms with Crippen molar-refractivity contribution in [2.24, 2.45) is 0 Å². The summed E-state index contributed by atoms with van der Waals surface area (Å²) < 4.78 is 18.8. The third-order valence-corrected chi connectivity index (χ3v) is 7.69. The minimum absolute atomic E-state index is 0.0169. The molecule has 1 atom stereocenters. The van der Waals surface area contributed by atoms with Crippen LogP contribution in [0.25, 0.3) is 32.9 Å². The molecule has 0 radical (unpaired) electrons. The Morgan fingerprint density at radius 2 is 1.50 bits per heavy atom. The van der Waals surface area contributed by atoms with Gasteiger partial charge >= 0.3 is 0 Å². The van der Waals surface area contributed by atoms with E-state index in [4.69, 9.17) is 10.2 Å². The Balaban J connectivity index is 0.000000333. The van der Waals surface area contributed by atoms with Gasteiger partial charge in [0.25, 0.3) is 0 Å². The molecule has 0 aliphatic carbocycles. The average molecular weight is 560 g/mol. The fourth-order valence-electron chi connectivity index (χ4n) is 3.01. The van der Waals surface area contributed by atoms with Crippen LogP contribution in [0.2, 0.25) is 0 Å². The number of oxazole rings is 1. The maximum Gasteiger partial charge on any atom is 0.245 e. The minimum Gasteiger partial charge on any atom is -0.443 e. The number of thiophene rings is 1. The maximum absolute atomic E-state index is 12.7. The molecule has 0 saturated heterocycles. The van der Waals surface area contributed by atoms with Gasteiger partial charge in [0.15, 0.2) is 0 Å². The fourth-order valence-corrected chi connectivity index (χ4v) is 5.75. The van der Waals surface area contributed by atoms with Gasteiger partial charge in [0.2, 0.25) is 5.89 Å². The van der Waals surface area contributed by atoms with E-state index in [0.717, 1.165) is 21.3 Å². The first-order valence-electron chi connectivity index (χ1n) is 11.6. The van der Waals surface area contributed by atoms with Crippen molar-refractivity contribution < 1.29 is 8.63 Å². The molecule has 1 unspecified atom stereocenters. The highest BCUT2D eigenvalue weighted by molar-refractivity contribution is 7.88. The van der Waals surface area contributed by atoms with Crippen LogP contribution < -0.4 is 5.73 Å². The van der Waals surface area contributed by atoms with Crippen molar-refractivity contribution in [3.63, 3.8) is 0 Å². The van der Waals surface area contributed by atoms with Gasteiger partial charge in [-0.15, -0.1) is 11.3 Å². The third-order valence-electron chi connectivity index (χ3n) is 4.62. The Labute approximate surface area is 240 Å². The van der Waals surface area contributed by atoms with Crippen molar-refractivity contribution in [1.29, 1.82) is 0 Å². The zero-order valence-corrected chi connectivity index (χ0v) is 23.8. The molecular formula is C33H25N3O2S2. The van der Waals surface area contributed by atoms with Crippen LogP contribution in [0.5, 0.6) is 0 Å². The smallest absolute Gasteiger partial charge is 0.245 e. The van der Waals surface area contributed by atoms with Crippen LogP contribution in [-0.4, -0.2) is 19.4 Å². The lowest BCUT2D eigenvalue weighted by molar-refractivity contribution is 0.572. The van der Waals surface area contributed by atoms with Crippen LogP contribution in [0.3, 0.4) is 0 Å². The van der Waals surface area contributed by atoms with Crippen molar-refractivity contribution in [1.82, 2.24) is 9.97 Å². The molecule has 0 aliphatic heterocycles. The fraction of sp³-hybridized carbons (Fsp3) is 0.0909. The Kier molecular flexibility index (Phi) is 12.8. The van der Waals surface area contributed by atoms with E-state index >= 15 is 0 Å². The highest BCUT2D eigenvalue weighted by atomic mass is 32.2. The SMILES string of the molecule is C=C=C=C=C=C=C.C=C=C=C=C=C=C.CC(C)S(=O)c1sc2nc(-c3ncco3)cc(-c3ccccc3)c2c1N. The lowest BCUT2D eigenvalue weighted by atomic mass is 10.0. The van der Waals surface area contributed by atoms with Crippen LogP contribution in [0.1, 0.15) is 13.8 Å². The summed E-state index contributed by atoms with van der Waals surface area (Å²) in [4.78, 5) is 9.62. The van der Waals surface area contributed by atoms with E-state index < -0.39 is 10.8 Å². The standard InChI is InChI=1S/C19H17N3O2S2.2C7H4/c1-11(2)26(23)19-16(20)15-13(12-6-4-3-5-7-12)10-14(22-18(15)25-19)17-21-8-9-24-17;2*1-3-5-7-6-4-2/h3-11H,20H2,1-2H3;2*1-2H2. The van der Waals surface area contributed by atoms with Gasteiger partial charge in [-0.1, -0.05) is 67.1 Å². The van der Waals surface area contributed by atoms with E-state index in [-0.39, 0.29) is 5.25 Å². The zero-order valence-electron chi connectivity index (χ0n) is 22.1. The van der Waals surface area contributed by atoms with Crippen LogP contribution in [0, 0.1) is 0 Å². The van der Waals surface area contributed by atoms with Crippen LogP contribution in [0.4, 0.5) is 5.69 Å². The van der Waals surface area contributed by atoms with Crippen LogP contribution in [-0.2, 0) is 10.8 Å². The molecule has 0 saturated carbocycles. The van der Waals surface area contributed by atoms with Gasteiger partial charge in [-0.05, 0) is 77.9 Å². The molecule has 40 heavy (non-hydrogen) atoms. The van der Waals surface area contributed by atoms with E-state index in [1.54, 1.807) is 6.20 Å². The second kappa shape index (κ2) is 16.6. The number of benzene rings is 1. The van der Waals surface area contributed by atoms with Crippen molar-refractivity contribution >= 4 is 38.0 Å². The van der Waals surface area contributed by atoms with Crippen LogP contribution >= 0.6 is 11.3 Å². The van der Waals surface area contributed by atoms with Gasteiger partial charge in [-0.2, -0.15) is 0 Å². The van der Waals surface area contributed by atoms with E-state index in [0.29, 0.717) is 21.5 Å². The summed E-state index contributed by atoms with van der Waals surface area (Å²) in [5, 5.41) is 0.817. The second-order valence-corrected chi connectivity index (χ2v) is 10.7. The molecule has 2 N–H and O–H groups in total. The molecule has 0 fully saturated rings. The van der Waals surface area contributed by atoms with Gasteiger partial charge < -0.3 is 10.2 Å². The maximum atomic E-state index is 12.7. The first-order chi connectivity index (χ1) is 19.4. The third kappa shape index (κ3) is 8.67. The number of nitrogens with two attached hydrogens (primary N) is 1. The number of nitrogen functional groups attached to an aromatic ring is 1. The summed E-state index contributed by atoms with van der Waals surface area (Å²) in [6, 6.07) is 11.9. The predicted octanol–water partition coefficient (Wildman–Crippen LogP) is 7.87. The molecule has 1 aromatic carbocycles. The number of hydrogen-bond acceptors (Lipinski definition) is 6. The Morgan fingerprint density at radius 1 is 0.925 bits per heavy atom. The number of rotatable bonds is 4. The first kappa shape index (κ1) is 31.0. The summed E-state index contributed by atoms with van der Waals surface area (Å²) in [5.74, 6) is 0.447. The van der Waals surface area contributed by atoms with Crippen molar-refractivity contribution in [2.45, 2.75) is 23.3 Å².